The zero-order valence-corrected chi connectivity index (χ0v) is 17.2. The molecule has 0 atom stereocenters. The van der Waals surface area contributed by atoms with Gasteiger partial charge < -0.3 is 10.2 Å². The standard InChI is InChI=1S/C19H22BrN3O3S/c20-17-6-8-18(9-7-17)21-14-19(24)22-10-12-23(13-11-22)27(25,26)15-16-4-2-1-3-5-16/h1-9,21H,10-15H2. The van der Waals surface area contributed by atoms with Crippen LogP contribution < -0.4 is 5.32 Å². The van der Waals surface area contributed by atoms with Crippen LogP contribution in [0, 0.1) is 0 Å². The van der Waals surface area contributed by atoms with Crippen molar-refractivity contribution >= 4 is 37.5 Å². The molecule has 1 fully saturated rings. The SMILES string of the molecule is O=C(CNc1ccc(Br)cc1)N1CCN(S(=O)(=O)Cc2ccccc2)CC1. The third-order valence-electron chi connectivity index (χ3n) is 4.46. The number of halogens is 1. The second-order valence-electron chi connectivity index (χ2n) is 6.38. The first-order valence-corrected chi connectivity index (χ1v) is 11.1. The molecule has 2 aromatic carbocycles. The highest BCUT2D eigenvalue weighted by Gasteiger charge is 2.28. The molecule has 1 amide bonds. The average molecular weight is 452 g/mol. The van der Waals surface area contributed by atoms with Gasteiger partial charge in [0.05, 0.1) is 12.3 Å². The predicted molar refractivity (Wildman–Crippen MR) is 110 cm³/mol. The Balaban J connectivity index is 1.49. The Morgan fingerprint density at radius 2 is 1.59 bits per heavy atom. The number of carbonyl (C=O) groups is 1. The van der Waals surface area contributed by atoms with E-state index in [0.717, 1.165) is 15.7 Å². The van der Waals surface area contributed by atoms with Crippen molar-refractivity contribution in [3.05, 3.63) is 64.6 Å². The van der Waals surface area contributed by atoms with Gasteiger partial charge in [-0.3, -0.25) is 4.79 Å². The quantitative estimate of drug-likeness (QED) is 0.732. The van der Waals surface area contributed by atoms with Gasteiger partial charge in [-0.05, 0) is 29.8 Å². The Labute approximate surface area is 168 Å². The molecule has 1 aliphatic rings. The molecule has 8 heteroatoms. The van der Waals surface area contributed by atoms with Gasteiger partial charge in [0.2, 0.25) is 15.9 Å². The smallest absolute Gasteiger partial charge is 0.241 e. The van der Waals surface area contributed by atoms with Crippen LogP contribution >= 0.6 is 15.9 Å². The molecule has 0 spiro atoms. The van der Waals surface area contributed by atoms with Gasteiger partial charge in [-0.15, -0.1) is 0 Å². The van der Waals surface area contributed by atoms with Crippen LogP contribution in [0.4, 0.5) is 5.69 Å². The normalized spacial score (nSPS) is 15.5. The molecule has 6 nitrogen and oxygen atoms in total. The van der Waals surface area contributed by atoms with Crippen LogP contribution in [0.5, 0.6) is 0 Å². The minimum atomic E-state index is -3.37. The Bertz CT molecular complexity index is 865. The summed E-state index contributed by atoms with van der Waals surface area (Å²) in [6.45, 7) is 1.68. The summed E-state index contributed by atoms with van der Waals surface area (Å²) in [5.74, 6) is -0.0366. The molecule has 1 heterocycles. The van der Waals surface area contributed by atoms with Crippen molar-refractivity contribution in [1.82, 2.24) is 9.21 Å². The van der Waals surface area contributed by atoms with Crippen molar-refractivity contribution in [2.24, 2.45) is 0 Å². The van der Waals surface area contributed by atoms with E-state index in [4.69, 9.17) is 0 Å². The Morgan fingerprint density at radius 3 is 2.22 bits per heavy atom. The van der Waals surface area contributed by atoms with E-state index in [1.807, 2.05) is 54.6 Å². The Kier molecular flexibility index (Phi) is 6.51. The van der Waals surface area contributed by atoms with E-state index in [0.29, 0.717) is 26.2 Å². The molecule has 0 radical (unpaired) electrons. The van der Waals surface area contributed by atoms with E-state index in [1.165, 1.54) is 4.31 Å². The Hall–Kier alpha value is -1.90. The van der Waals surface area contributed by atoms with Gasteiger partial charge in [0, 0.05) is 36.3 Å². The monoisotopic (exact) mass is 451 g/mol. The molecule has 1 N–H and O–H groups in total. The summed E-state index contributed by atoms with van der Waals surface area (Å²) in [6, 6.07) is 16.8. The van der Waals surface area contributed by atoms with Gasteiger partial charge in [-0.1, -0.05) is 46.3 Å². The lowest BCUT2D eigenvalue weighted by Gasteiger charge is -2.34. The summed E-state index contributed by atoms with van der Waals surface area (Å²) < 4.78 is 27.6. The molecule has 1 aliphatic heterocycles. The van der Waals surface area contributed by atoms with Crippen LogP contribution in [0.2, 0.25) is 0 Å². The van der Waals surface area contributed by atoms with E-state index in [-0.39, 0.29) is 18.2 Å². The second-order valence-corrected chi connectivity index (χ2v) is 9.27. The van der Waals surface area contributed by atoms with Gasteiger partial charge >= 0.3 is 0 Å². The first-order valence-electron chi connectivity index (χ1n) is 8.73. The number of anilines is 1. The van der Waals surface area contributed by atoms with Crippen LogP contribution in [0.1, 0.15) is 5.56 Å². The van der Waals surface area contributed by atoms with E-state index in [2.05, 4.69) is 21.2 Å². The number of nitrogens with zero attached hydrogens (tertiary/aromatic N) is 2. The van der Waals surface area contributed by atoms with Crippen molar-refractivity contribution in [3.8, 4) is 0 Å². The van der Waals surface area contributed by atoms with Crippen molar-refractivity contribution in [3.63, 3.8) is 0 Å². The number of nitrogens with one attached hydrogen (secondary N) is 1. The van der Waals surface area contributed by atoms with Crippen LogP contribution in [-0.2, 0) is 20.6 Å². The summed E-state index contributed by atoms with van der Waals surface area (Å²) in [6.07, 6.45) is 0. The minimum Gasteiger partial charge on any atom is -0.376 e. The number of carbonyl (C=O) groups excluding carboxylic acids is 1. The number of sulfonamides is 1. The number of rotatable bonds is 6. The number of benzene rings is 2. The minimum absolute atomic E-state index is 0.00703. The maximum absolute atomic E-state index is 12.6. The molecule has 0 unspecified atom stereocenters. The molecule has 0 aromatic heterocycles. The topological polar surface area (TPSA) is 69.7 Å². The van der Waals surface area contributed by atoms with Gasteiger partial charge in [-0.2, -0.15) is 4.31 Å². The molecule has 144 valence electrons. The first kappa shape index (κ1) is 19.9. The zero-order chi connectivity index (χ0) is 19.3. The van der Waals surface area contributed by atoms with Gasteiger partial charge in [0.15, 0.2) is 0 Å². The van der Waals surface area contributed by atoms with Crippen molar-refractivity contribution < 1.29 is 13.2 Å². The lowest BCUT2D eigenvalue weighted by molar-refractivity contribution is -0.130. The van der Waals surface area contributed by atoms with E-state index < -0.39 is 10.0 Å². The van der Waals surface area contributed by atoms with Gasteiger partial charge in [0.25, 0.3) is 0 Å². The molecule has 0 saturated carbocycles. The summed E-state index contributed by atoms with van der Waals surface area (Å²) >= 11 is 3.37. The molecule has 2 aromatic rings. The van der Waals surface area contributed by atoms with Gasteiger partial charge in [-0.25, -0.2) is 8.42 Å². The van der Waals surface area contributed by atoms with Crippen LogP contribution in [0.15, 0.2) is 59.1 Å². The maximum atomic E-state index is 12.6. The Morgan fingerprint density at radius 1 is 0.963 bits per heavy atom. The number of hydrogen-bond donors (Lipinski definition) is 1. The molecular formula is C19H22BrN3O3S. The third-order valence-corrected chi connectivity index (χ3v) is 6.84. The fourth-order valence-corrected chi connectivity index (χ4v) is 4.73. The summed E-state index contributed by atoms with van der Waals surface area (Å²) in [7, 11) is -3.37. The lowest BCUT2D eigenvalue weighted by Crippen LogP contribution is -2.51. The summed E-state index contributed by atoms with van der Waals surface area (Å²) in [4.78, 5) is 14.1. The highest BCUT2D eigenvalue weighted by molar-refractivity contribution is 9.10. The van der Waals surface area contributed by atoms with Crippen LogP contribution in [-0.4, -0.2) is 56.3 Å². The van der Waals surface area contributed by atoms with Crippen LogP contribution in [0.25, 0.3) is 0 Å². The van der Waals surface area contributed by atoms with Crippen molar-refractivity contribution in [1.29, 1.82) is 0 Å². The van der Waals surface area contributed by atoms with Gasteiger partial charge in [0.1, 0.15) is 0 Å². The summed E-state index contributed by atoms with van der Waals surface area (Å²) in [5, 5.41) is 3.10. The summed E-state index contributed by atoms with van der Waals surface area (Å²) in [5.41, 5.74) is 1.64. The molecular weight excluding hydrogens is 430 g/mol. The highest BCUT2D eigenvalue weighted by Crippen LogP contribution is 2.15. The lowest BCUT2D eigenvalue weighted by atomic mass is 10.2. The molecule has 27 heavy (non-hydrogen) atoms. The molecule has 0 aliphatic carbocycles. The number of hydrogen-bond acceptors (Lipinski definition) is 4. The zero-order valence-electron chi connectivity index (χ0n) is 14.8. The maximum Gasteiger partial charge on any atom is 0.241 e. The van der Waals surface area contributed by atoms with E-state index >= 15 is 0 Å². The molecule has 0 bridgehead atoms. The average Bonchev–Trinajstić information content (AvgIpc) is 2.68. The van der Waals surface area contributed by atoms with E-state index in [1.54, 1.807) is 4.90 Å². The number of piperazine rings is 1. The second kappa shape index (κ2) is 8.86. The fraction of sp³-hybridized carbons (Fsp3) is 0.316. The highest BCUT2D eigenvalue weighted by atomic mass is 79.9. The van der Waals surface area contributed by atoms with Crippen molar-refractivity contribution in [2.45, 2.75) is 5.75 Å². The van der Waals surface area contributed by atoms with E-state index in [9.17, 15) is 13.2 Å². The third kappa shape index (κ3) is 5.54. The van der Waals surface area contributed by atoms with Crippen molar-refractivity contribution in [2.75, 3.05) is 38.0 Å². The predicted octanol–water partition coefficient (Wildman–Crippen LogP) is 2.54. The largest absolute Gasteiger partial charge is 0.376 e. The molecule has 1 saturated heterocycles. The van der Waals surface area contributed by atoms with Crippen LogP contribution in [0.3, 0.4) is 0 Å². The molecule has 3 rings (SSSR count). The first-order chi connectivity index (χ1) is 12.9. The number of amides is 1. The fourth-order valence-electron chi connectivity index (χ4n) is 2.95.